The predicted molar refractivity (Wildman–Crippen MR) is 85.5 cm³/mol. The molecule has 1 saturated carbocycles. The van der Waals surface area contributed by atoms with Crippen LogP contribution in [0.3, 0.4) is 0 Å². The first kappa shape index (κ1) is 16.6. The summed E-state index contributed by atoms with van der Waals surface area (Å²) < 4.78 is 39.6. The molecule has 0 spiro atoms. The van der Waals surface area contributed by atoms with Crippen LogP contribution in [0.25, 0.3) is 0 Å². The van der Waals surface area contributed by atoms with Crippen molar-refractivity contribution in [2.24, 2.45) is 0 Å². The Kier molecular flexibility index (Phi) is 4.35. The van der Waals surface area contributed by atoms with E-state index in [1.165, 1.54) is 12.1 Å². The Labute approximate surface area is 138 Å². The molecule has 2 nitrogen and oxygen atoms in total. The molecule has 3 rings (SSSR count). The fraction of sp³-hybridized carbons (Fsp3) is 0.316. The van der Waals surface area contributed by atoms with Crippen molar-refractivity contribution in [3.63, 3.8) is 0 Å². The maximum absolute atomic E-state index is 13.2. The topological polar surface area (TPSA) is 20.3 Å². The van der Waals surface area contributed by atoms with Gasteiger partial charge in [-0.3, -0.25) is 4.79 Å². The van der Waals surface area contributed by atoms with E-state index < -0.39 is 11.7 Å². The molecule has 0 N–H and O–H groups in total. The van der Waals surface area contributed by atoms with Crippen molar-refractivity contribution in [2.75, 3.05) is 0 Å². The molecule has 126 valence electrons. The summed E-state index contributed by atoms with van der Waals surface area (Å²) in [4.78, 5) is 14.4. The molecule has 1 aliphatic rings. The largest absolute Gasteiger partial charge is 0.416 e. The third-order valence-corrected chi connectivity index (χ3v) is 4.18. The van der Waals surface area contributed by atoms with E-state index in [0.29, 0.717) is 5.56 Å². The van der Waals surface area contributed by atoms with Crippen LogP contribution in [0.4, 0.5) is 13.2 Å². The number of amides is 1. The van der Waals surface area contributed by atoms with E-state index in [4.69, 9.17) is 0 Å². The van der Waals surface area contributed by atoms with E-state index in [1.807, 2.05) is 13.0 Å². The second-order valence-electron chi connectivity index (χ2n) is 6.19. The Hall–Kier alpha value is -2.30. The molecular formula is C19H18F3NO. The summed E-state index contributed by atoms with van der Waals surface area (Å²) >= 11 is 0. The molecule has 0 radical (unpaired) electrons. The number of carbonyl (C=O) groups is 1. The van der Waals surface area contributed by atoms with Gasteiger partial charge in [-0.05, 0) is 43.5 Å². The van der Waals surface area contributed by atoms with Crippen LogP contribution in [-0.4, -0.2) is 16.8 Å². The van der Waals surface area contributed by atoms with Gasteiger partial charge in [-0.15, -0.1) is 0 Å². The fourth-order valence-electron chi connectivity index (χ4n) is 2.82. The molecule has 2 aromatic rings. The highest BCUT2D eigenvalue weighted by atomic mass is 19.4. The van der Waals surface area contributed by atoms with Crippen LogP contribution in [0.1, 0.15) is 39.9 Å². The van der Waals surface area contributed by atoms with Crippen molar-refractivity contribution in [1.29, 1.82) is 0 Å². The summed E-state index contributed by atoms with van der Waals surface area (Å²) in [6, 6.07) is 12.6. The lowest BCUT2D eigenvalue weighted by Gasteiger charge is -2.24. The molecule has 2 aromatic carbocycles. The highest BCUT2D eigenvalue weighted by Crippen LogP contribution is 2.35. The van der Waals surface area contributed by atoms with E-state index in [9.17, 15) is 18.0 Å². The number of aryl methyl sites for hydroxylation is 1. The molecular weight excluding hydrogens is 315 g/mol. The monoisotopic (exact) mass is 333 g/mol. The first-order valence-corrected chi connectivity index (χ1v) is 7.89. The zero-order valence-corrected chi connectivity index (χ0v) is 13.3. The molecule has 0 unspecified atom stereocenters. The number of carbonyl (C=O) groups excluding carboxylic acids is 1. The van der Waals surface area contributed by atoms with E-state index in [0.717, 1.165) is 24.5 Å². The van der Waals surface area contributed by atoms with Gasteiger partial charge in [0.2, 0.25) is 0 Å². The number of benzene rings is 2. The van der Waals surface area contributed by atoms with E-state index in [-0.39, 0.29) is 24.1 Å². The Balaban J connectivity index is 1.90. The number of rotatable bonds is 4. The van der Waals surface area contributed by atoms with Gasteiger partial charge >= 0.3 is 6.18 Å². The second kappa shape index (κ2) is 6.30. The molecule has 1 fully saturated rings. The molecule has 5 heteroatoms. The minimum Gasteiger partial charge on any atom is -0.331 e. The summed E-state index contributed by atoms with van der Waals surface area (Å²) in [6.45, 7) is 1.87. The molecule has 0 aromatic heterocycles. The minimum atomic E-state index is -4.42. The van der Waals surface area contributed by atoms with E-state index in [1.54, 1.807) is 29.2 Å². The van der Waals surface area contributed by atoms with Gasteiger partial charge in [0.05, 0.1) is 5.56 Å². The highest BCUT2D eigenvalue weighted by Gasteiger charge is 2.37. The van der Waals surface area contributed by atoms with Crippen molar-refractivity contribution in [3.8, 4) is 0 Å². The highest BCUT2D eigenvalue weighted by molar-refractivity contribution is 5.94. The number of hydrogen-bond donors (Lipinski definition) is 0. The van der Waals surface area contributed by atoms with Crippen molar-refractivity contribution < 1.29 is 18.0 Å². The minimum absolute atomic E-state index is 0.0207. The molecule has 0 heterocycles. The lowest BCUT2D eigenvalue weighted by Crippen LogP contribution is -2.33. The third kappa shape index (κ3) is 3.61. The van der Waals surface area contributed by atoms with Gasteiger partial charge in [-0.1, -0.05) is 35.9 Å². The average Bonchev–Trinajstić information content (AvgIpc) is 3.36. The maximum Gasteiger partial charge on any atom is 0.416 e. The summed E-state index contributed by atoms with van der Waals surface area (Å²) in [5.74, 6) is -0.210. The quantitative estimate of drug-likeness (QED) is 0.785. The normalized spacial score (nSPS) is 14.5. The summed E-state index contributed by atoms with van der Waals surface area (Å²) in [5.41, 5.74) is 0.935. The molecule has 0 atom stereocenters. The van der Waals surface area contributed by atoms with Crippen molar-refractivity contribution in [1.82, 2.24) is 4.90 Å². The molecule has 0 bridgehead atoms. The predicted octanol–water partition coefficient (Wildman–Crippen LogP) is 4.82. The van der Waals surface area contributed by atoms with Gasteiger partial charge in [-0.25, -0.2) is 0 Å². The van der Waals surface area contributed by atoms with Crippen LogP contribution in [0.5, 0.6) is 0 Å². The second-order valence-corrected chi connectivity index (χ2v) is 6.19. The number of nitrogens with zero attached hydrogens (tertiary/aromatic N) is 1. The van der Waals surface area contributed by atoms with E-state index >= 15 is 0 Å². The maximum atomic E-state index is 13.2. The van der Waals surface area contributed by atoms with Gasteiger partial charge in [0.15, 0.2) is 0 Å². The SMILES string of the molecule is Cc1cccc(C(=O)N(Cc2ccccc2C(F)(F)F)C2CC2)c1. The van der Waals surface area contributed by atoms with Gasteiger partial charge < -0.3 is 4.90 Å². The molecule has 1 aliphatic carbocycles. The van der Waals surface area contributed by atoms with Crippen LogP contribution in [-0.2, 0) is 12.7 Å². The number of hydrogen-bond acceptors (Lipinski definition) is 1. The first-order valence-electron chi connectivity index (χ1n) is 7.89. The Morgan fingerprint density at radius 3 is 2.46 bits per heavy atom. The van der Waals surface area contributed by atoms with E-state index in [2.05, 4.69) is 0 Å². The third-order valence-electron chi connectivity index (χ3n) is 4.18. The van der Waals surface area contributed by atoms with Gasteiger partial charge in [0.1, 0.15) is 0 Å². The van der Waals surface area contributed by atoms with Gasteiger partial charge in [0, 0.05) is 18.2 Å². The molecule has 0 aliphatic heterocycles. The zero-order chi connectivity index (χ0) is 17.3. The Morgan fingerprint density at radius 2 is 1.83 bits per heavy atom. The molecule has 0 saturated heterocycles. The van der Waals surface area contributed by atoms with Gasteiger partial charge in [0.25, 0.3) is 5.91 Å². The summed E-state index contributed by atoms with van der Waals surface area (Å²) in [6.07, 6.45) is -2.74. The van der Waals surface area contributed by atoms with Crippen LogP contribution in [0.2, 0.25) is 0 Å². The number of halogens is 3. The summed E-state index contributed by atoms with van der Waals surface area (Å²) in [7, 11) is 0. The Bertz CT molecular complexity index is 750. The standard InChI is InChI=1S/C19H18F3NO/c1-13-5-4-7-14(11-13)18(24)23(16-9-10-16)12-15-6-2-3-8-17(15)19(20,21)22/h2-8,11,16H,9-10,12H2,1H3. The van der Waals surface area contributed by atoms with Crippen LogP contribution < -0.4 is 0 Å². The van der Waals surface area contributed by atoms with Gasteiger partial charge in [-0.2, -0.15) is 13.2 Å². The van der Waals surface area contributed by atoms with Crippen LogP contribution >= 0.6 is 0 Å². The molecule has 24 heavy (non-hydrogen) atoms. The summed E-state index contributed by atoms with van der Waals surface area (Å²) in [5, 5.41) is 0. The molecule has 1 amide bonds. The van der Waals surface area contributed by atoms with Crippen molar-refractivity contribution >= 4 is 5.91 Å². The smallest absolute Gasteiger partial charge is 0.331 e. The van der Waals surface area contributed by atoms with Crippen LogP contribution in [0, 0.1) is 6.92 Å². The fourth-order valence-corrected chi connectivity index (χ4v) is 2.82. The Morgan fingerprint density at radius 1 is 1.12 bits per heavy atom. The zero-order valence-electron chi connectivity index (χ0n) is 13.3. The van der Waals surface area contributed by atoms with Crippen molar-refractivity contribution in [2.45, 2.75) is 38.5 Å². The van der Waals surface area contributed by atoms with Crippen LogP contribution in [0.15, 0.2) is 48.5 Å². The number of alkyl halides is 3. The first-order chi connectivity index (χ1) is 11.4. The lowest BCUT2D eigenvalue weighted by atomic mass is 10.1. The average molecular weight is 333 g/mol. The lowest BCUT2D eigenvalue weighted by molar-refractivity contribution is -0.138. The van der Waals surface area contributed by atoms with Crippen molar-refractivity contribution in [3.05, 3.63) is 70.8 Å².